The predicted octanol–water partition coefficient (Wildman–Crippen LogP) is 2.71. The molecule has 0 aliphatic rings. The van der Waals surface area contributed by atoms with Crippen LogP contribution in [0.1, 0.15) is 37.3 Å². The van der Waals surface area contributed by atoms with E-state index in [1.165, 1.54) is 17.8 Å². The minimum absolute atomic E-state index is 0.223. The summed E-state index contributed by atoms with van der Waals surface area (Å²) >= 11 is 0. The molecule has 2 aromatic carbocycles. The van der Waals surface area contributed by atoms with Gasteiger partial charge in [0.2, 0.25) is 0 Å². The zero-order valence-electron chi connectivity index (χ0n) is 15.0. The van der Waals surface area contributed by atoms with Crippen LogP contribution in [0.2, 0.25) is 0 Å². The van der Waals surface area contributed by atoms with Crippen LogP contribution in [-0.2, 0) is 4.79 Å². The van der Waals surface area contributed by atoms with Crippen LogP contribution in [0.4, 0.5) is 5.69 Å². The fourth-order valence-corrected chi connectivity index (χ4v) is 2.25. The van der Waals surface area contributed by atoms with Crippen LogP contribution in [0.15, 0.2) is 47.6 Å². The summed E-state index contributed by atoms with van der Waals surface area (Å²) in [5.41, 5.74) is 3.24. The van der Waals surface area contributed by atoms with Crippen molar-refractivity contribution in [2.75, 3.05) is 6.61 Å². The van der Waals surface area contributed by atoms with E-state index in [1.54, 1.807) is 0 Å². The minimum atomic E-state index is -0.765. The molecule has 1 amide bonds. The van der Waals surface area contributed by atoms with Gasteiger partial charge in [-0.25, -0.2) is 5.43 Å². The highest BCUT2D eigenvalue weighted by Gasteiger charge is 2.07. The Kier molecular flexibility index (Phi) is 6.87. The van der Waals surface area contributed by atoms with Crippen molar-refractivity contribution in [3.63, 3.8) is 0 Å². The summed E-state index contributed by atoms with van der Waals surface area (Å²) in [4.78, 5) is 21.7. The molecule has 2 aromatic rings. The van der Waals surface area contributed by atoms with Gasteiger partial charge in [0.05, 0.1) is 11.1 Å². The third-order valence-electron chi connectivity index (χ3n) is 4.01. The Balaban J connectivity index is 1.85. The van der Waals surface area contributed by atoms with E-state index in [9.17, 15) is 20.0 Å². The first-order valence-electron chi connectivity index (χ1n) is 8.40. The molecule has 0 bridgehead atoms. The molecule has 0 heterocycles. The normalized spacial score (nSPS) is 11.9. The molecule has 0 radical (unpaired) electrons. The Hall–Kier alpha value is -3.42. The Morgan fingerprint density at radius 3 is 2.63 bits per heavy atom. The summed E-state index contributed by atoms with van der Waals surface area (Å²) in [5.74, 6) is -0.132. The molecule has 2 rings (SSSR count). The van der Waals surface area contributed by atoms with Crippen molar-refractivity contribution < 1.29 is 19.6 Å². The number of carbonyl (C=O) groups excluding carboxylic acids is 1. The van der Waals surface area contributed by atoms with E-state index in [0.29, 0.717) is 17.2 Å². The van der Waals surface area contributed by atoms with Crippen LogP contribution >= 0.6 is 0 Å². The Morgan fingerprint density at radius 2 is 2.00 bits per heavy atom. The van der Waals surface area contributed by atoms with Crippen molar-refractivity contribution >= 4 is 17.8 Å². The maximum Gasteiger partial charge on any atom is 0.277 e. The molecule has 0 fully saturated rings. The maximum atomic E-state index is 11.7. The smallest absolute Gasteiger partial charge is 0.277 e. The molecular weight excluding hydrogens is 350 g/mol. The van der Waals surface area contributed by atoms with Crippen LogP contribution in [0.5, 0.6) is 11.5 Å². The van der Waals surface area contributed by atoms with Gasteiger partial charge in [0.1, 0.15) is 5.75 Å². The van der Waals surface area contributed by atoms with E-state index in [2.05, 4.69) is 24.4 Å². The predicted molar refractivity (Wildman–Crippen MR) is 98.9 cm³/mol. The zero-order valence-corrected chi connectivity index (χ0v) is 15.0. The fraction of sp³-hybridized carbons (Fsp3) is 0.263. The van der Waals surface area contributed by atoms with Gasteiger partial charge in [-0.1, -0.05) is 38.1 Å². The molecule has 0 saturated heterocycles. The van der Waals surface area contributed by atoms with Gasteiger partial charge in [0.15, 0.2) is 6.61 Å². The van der Waals surface area contributed by atoms with Crippen LogP contribution in [0.3, 0.4) is 0 Å². The summed E-state index contributed by atoms with van der Waals surface area (Å²) in [5, 5.41) is 25.7. The largest absolute Gasteiger partial charge is 0.868 e. The molecule has 0 saturated carbocycles. The van der Waals surface area contributed by atoms with Gasteiger partial charge < -0.3 is 9.84 Å². The Labute approximate surface area is 156 Å². The van der Waals surface area contributed by atoms with Crippen molar-refractivity contribution in [3.8, 4) is 11.5 Å². The van der Waals surface area contributed by atoms with Gasteiger partial charge in [-0.2, -0.15) is 5.10 Å². The number of benzene rings is 2. The minimum Gasteiger partial charge on any atom is -0.868 e. The number of rotatable bonds is 8. The van der Waals surface area contributed by atoms with Crippen LogP contribution in [-0.4, -0.2) is 23.7 Å². The maximum absolute atomic E-state index is 11.7. The van der Waals surface area contributed by atoms with E-state index in [1.807, 2.05) is 24.3 Å². The molecule has 8 heteroatoms. The summed E-state index contributed by atoms with van der Waals surface area (Å²) in [6.07, 6.45) is 2.26. The third kappa shape index (κ3) is 5.81. The zero-order chi connectivity index (χ0) is 19.8. The SMILES string of the molecule is CC[C@@H](C)c1ccc(OCC(=O)NN=Cc2ccc([O-])c([N+](=O)[O-])c2)cc1. The number of ether oxygens (including phenoxy) is 1. The molecule has 8 nitrogen and oxygen atoms in total. The van der Waals surface area contributed by atoms with Gasteiger partial charge in [0.25, 0.3) is 11.6 Å². The Morgan fingerprint density at radius 1 is 1.30 bits per heavy atom. The third-order valence-corrected chi connectivity index (χ3v) is 4.01. The van der Waals surface area contributed by atoms with Gasteiger partial charge in [-0.15, -0.1) is 0 Å². The Bertz CT molecular complexity index is 834. The molecule has 1 atom stereocenters. The van der Waals surface area contributed by atoms with Crippen molar-refractivity contribution in [1.82, 2.24) is 5.43 Å². The number of nitrogens with one attached hydrogen (secondary N) is 1. The van der Waals surface area contributed by atoms with Gasteiger partial charge in [-0.05, 0) is 35.8 Å². The summed E-state index contributed by atoms with van der Waals surface area (Å²) in [7, 11) is 0. The van der Waals surface area contributed by atoms with E-state index in [-0.39, 0.29) is 6.61 Å². The summed E-state index contributed by atoms with van der Waals surface area (Å²) in [6.45, 7) is 4.04. The lowest BCUT2D eigenvalue weighted by atomic mass is 9.99. The lowest BCUT2D eigenvalue weighted by molar-refractivity contribution is -0.398. The second-order valence-corrected chi connectivity index (χ2v) is 5.94. The molecule has 27 heavy (non-hydrogen) atoms. The molecule has 0 unspecified atom stereocenters. The summed E-state index contributed by atoms with van der Waals surface area (Å²) < 4.78 is 5.39. The molecule has 0 aliphatic carbocycles. The first-order valence-corrected chi connectivity index (χ1v) is 8.40. The van der Waals surface area contributed by atoms with E-state index < -0.39 is 22.3 Å². The quantitative estimate of drug-likeness (QED) is 0.435. The van der Waals surface area contributed by atoms with Crippen LogP contribution in [0, 0.1) is 10.1 Å². The van der Waals surface area contributed by atoms with Crippen LogP contribution < -0.4 is 15.3 Å². The van der Waals surface area contributed by atoms with Crippen molar-refractivity contribution in [3.05, 3.63) is 63.7 Å². The number of nitro benzene ring substituents is 1. The average molecular weight is 370 g/mol. The van der Waals surface area contributed by atoms with Crippen LogP contribution in [0.25, 0.3) is 0 Å². The lowest BCUT2D eigenvalue weighted by Gasteiger charge is -2.10. The molecule has 0 spiro atoms. The number of hydrazone groups is 1. The highest BCUT2D eigenvalue weighted by Crippen LogP contribution is 2.23. The average Bonchev–Trinajstić information content (AvgIpc) is 2.67. The second-order valence-electron chi connectivity index (χ2n) is 5.94. The molecule has 0 aromatic heterocycles. The standard InChI is InChI=1S/C19H21N3O5/c1-3-13(2)15-5-7-16(8-6-15)27-12-19(24)21-20-11-14-4-9-18(23)17(10-14)22(25)26/h4-11,13,23H,3,12H2,1-2H3,(H,21,24)/p-1/t13-/m1/s1. The monoisotopic (exact) mass is 370 g/mol. The number of hydrogen-bond acceptors (Lipinski definition) is 6. The van der Waals surface area contributed by atoms with E-state index >= 15 is 0 Å². The fourth-order valence-electron chi connectivity index (χ4n) is 2.25. The van der Waals surface area contributed by atoms with E-state index in [4.69, 9.17) is 4.74 Å². The molecule has 0 aliphatic heterocycles. The second kappa shape index (κ2) is 9.33. The highest BCUT2D eigenvalue weighted by atomic mass is 16.6. The van der Waals surface area contributed by atoms with Gasteiger partial charge >= 0.3 is 0 Å². The molecular formula is C19H20N3O5-. The number of nitro groups is 1. The lowest BCUT2D eigenvalue weighted by Crippen LogP contribution is -2.24. The first kappa shape index (κ1) is 19.9. The van der Waals surface area contributed by atoms with Gasteiger partial charge in [0, 0.05) is 11.6 Å². The van der Waals surface area contributed by atoms with Crippen molar-refractivity contribution in [1.29, 1.82) is 0 Å². The van der Waals surface area contributed by atoms with Crippen molar-refractivity contribution in [2.24, 2.45) is 5.10 Å². The first-order chi connectivity index (χ1) is 12.9. The number of hydrogen-bond donors (Lipinski definition) is 1. The molecule has 142 valence electrons. The summed E-state index contributed by atoms with van der Waals surface area (Å²) in [6, 6.07) is 11.1. The number of carbonyl (C=O) groups is 1. The number of amides is 1. The molecule has 1 N–H and O–H groups in total. The van der Waals surface area contributed by atoms with Crippen molar-refractivity contribution in [2.45, 2.75) is 26.2 Å². The van der Waals surface area contributed by atoms with E-state index in [0.717, 1.165) is 18.6 Å². The van der Waals surface area contributed by atoms with Gasteiger partial charge in [-0.3, -0.25) is 14.9 Å². The highest BCUT2D eigenvalue weighted by molar-refractivity contribution is 5.84. The number of nitrogens with zero attached hydrogens (tertiary/aromatic N) is 2. The topological polar surface area (TPSA) is 117 Å².